The van der Waals surface area contributed by atoms with E-state index in [1.807, 2.05) is 42.7 Å². The minimum absolute atomic E-state index is 0.0314. The van der Waals surface area contributed by atoms with Gasteiger partial charge >= 0.3 is 6.03 Å². The zero-order valence-electron chi connectivity index (χ0n) is 13.7. The van der Waals surface area contributed by atoms with E-state index >= 15 is 0 Å². The molecule has 1 N–H and O–H groups in total. The molecule has 0 bridgehead atoms. The molecule has 0 unspecified atom stereocenters. The Morgan fingerprint density at radius 2 is 1.79 bits per heavy atom. The number of rotatable bonds is 1. The van der Waals surface area contributed by atoms with Gasteiger partial charge < -0.3 is 9.88 Å². The number of fused-ring (bicyclic) bond motifs is 2. The summed E-state index contributed by atoms with van der Waals surface area (Å²) >= 11 is 0. The third-order valence-electron chi connectivity index (χ3n) is 4.50. The highest BCUT2D eigenvalue weighted by Gasteiger charge is 2.31. The van der Waals surface area contributed by atoms with Crippen LogP contribution in [0.5, 0.6) is 0 Å². The van der Waals surface area contributed by atoms with Crippen molar-refractivity contribution in [2.24, 2.45) is 0 Å². The van der Waals surface area contributed by atoms with Gasteiger partial charge in [0.2, 0.25) is 0 Å². The van der Waals surface area contributed by atoms with Gasteiger partial charge in [-0.1, -0.05) is 42.5 Å². The Balaban J connectivity index is 1.93. The molecule has 0 saturated heterocycles. The van der Waals surface area contributed by atoms with Crippen LogP contribution >= 0.6 is 0 Å². The van der Waals surface area contributed by atoms with Crippen molar-refractivity contribution >= 4 is 23.0 Å². The van der Waals surface area contributed by atoms with E-state index in [0.29, 0.717) is 0 Å². The minimum atomic E-state index is -0.141. The summed E-state index contributed by atoms with van der Waals surface area (Å²) in [4.78, 5) is 19.5. The summed E-state index contributed by atoms with van der Waals surface area (Å²) in [5.74, 6) is 0. The van der Waals surface area contributed by atoms with Crippen molar-refractivity contribution in [3.63, 3.8) is 0 Å². The third-order valence-corrected chi connectivity index (χ3v) is 4.50. The van der Waals surface area contributed by atoms with Crippen LogP contribution in [0.1, 0.15) is 22.7 Å². The maximum Gasteiger partial charge on any atom is 0.324 e. The van der Waals surface area contributed by atoms with Crippen molar-refractivity contribution in [1.82, 2.24) is 14.8 Å². The van der Waals surface area contributed by atoms with Crippen LogP contribution in [0.2, 0.25) is 0 Å². The second-order valence-electron chi connectivity index (χ2n) is 6.22. The largest absolute Gasteiger partial charge is 0.361 e. The summed E-state index contributed by atoms with van der Waals surface area (Å²) in [6.07, 6.45) is 5.90. The minimum Gasteiger partial charge on any atom is -0.361 e. The van der Waals surface area contributed by atoms with Gasteiger partial charge in [-0.15, -0.1) is 0 Å². The lowest BCUT2D eigenvalue weighted by Crippen LogP contribution is -2.39. The second kappa shape index (κ2) is 5.57. The van der Waals surface area contributed by atoms with Crippen molar-refractivity contribution in [3.05, 3.63) is 77.6 Å². The quantitative estimate of drug-likeness (QED) is 0.717. The Kier molecular flexibility index (Phi) is 3.38. The van der Waals surface area contributed by atoms with Gasteiger partial charge in [-0.05, 0) is 23.3 Å². The Morgan fingerprint density at radius 3 is 2.62 bits per heavy atom. The zero-order valence-corrected chi connectivity index (χ0v) is 13.7. The Hall–Kier alpha value is -3.01. The number of carbonyl (C=O) groups excluding carboxylic acids is 1. The average molecular weight is 317 g/mol. The van der Waals surface area contributed by atoms with E-state index in [9.17, 15) is 4.79 Å². The van der Waals surface area contributed by atoms with Gasteiger partial charge in [0.1, 0.15) is 0 Å². The molecule has 2 aromatic carbocycles. The lowest BCUT2D eigenvalue weighted by Gasteiger charge is -2.35. The van der Waals surface area contributed by atoms with Crippen LogP contribution in [-0.4, -0.2) is 34.9 Å². The molecule has 2 heterocycles. The zero-order chi connectivity index (χ0) is 16.7. The normalized spacial score (nSPS) is 16.2. The predicted octanol–water partition coefficient (Wildman–Crippen LogP) is 4.23. The fraction of sp³-hybridized carbons (Fsp3) is 0.150. The van der Waals surface area contributed by atoms with E-state index < -0.39 is 0 Å². The lowest BCUT2D eigenvalue weighted by atomic mass is 9.91. The molecule has 3 aromatic rings. The summed E-state index contributed by atoms with van der Waals surface area (Å²) in [7, 11) is 3.56. The van der Waals surface area contributed by atoms with E-state index in [2.05, 4.69) is 29.2 Å². The molecule has 1 aliphatic heterocycles. The predicted molar refractivity (Wildman–Crippen MR) is 96.5 cm³/mol. The van der Waals surface area contributed by atoms with Crippen LogP contribution in [0.15, 0.2) is 60.9 Å². The molecular formula is C20H19N3O. The van der Waals surface area contributed by atoms with Gasteiger partial charge in [-0.2, -0.15) is 0 Å². The standard InChI is InChI=1S/C20H19N3O/c1-22(2)20(24)23-12-11-14-7-3-4-8-15(14)19(23)17-13-21-18-10-6-5-9-16(17)18/h3-13,19,21H,1-2H3/t19-/m1/s1. The number of H-pyrrole nitrogens is 1. The van der Waals surface area contributed by atoms with Crippen molar-refractivity contribution in [1.29, 1.82) is 0 Å². The molecular weight excluding hydrogens is 298 g/mol. The Morgan fingerprint density at radius 1 is 1.04 bits per heavy atom. The highest BCUT2D eigenvalue weighted by Crippen LogP contribution is 2.38. The van der Waals surface area contributed by atoms with Gasteiger partial charge in [-0.3, -0.25) is 4.90 Å². The maximum atomic E-state index is 12.7. The molecule has 0 spiro atoms. The van der Waals surface area contributed by atoms with Gasteiger partial charge in [0.25, 0.3) is 0 Å². The maximum absolute atomic E-state index is 12.7. The summed E-state index contributed by atoms with van der Waals surface area (Å²) in [6.45, 7) is 0. The van der Waals surface area contributed by atoms with E-state index in [1.165, 1.54) is 0 Å². The van der Waals surface area contributed by atoms with E-state index in [0.717, 1.165) is 27.6 Å². The molecule has 4 nitrogen and oxygen atoms in total. The number of aromatic nitrogens is 1. The van der Waals surface area contributed by atoms with E-state index in [1.54, 1.807) is 23.9 Å². The topological polar surface area (TPSA) is 39.3 Å². The van der Waals surface area contributed by atoms with E-state index in [-0.39, 0.29) is 12.1 Å². The number of amides is 2. The molecule has 4 rings (SSSR count). The van der Waals surface area contributed by atoms with Crippen LogP contribution in [-0.2, 0) is 0 Å². The molecule has 0 radical (unpaired) electrons. The van der Waals surface area contributed by atoms with Crippen LogP contribution in [0, 0.1) is 0 Å². The van der Waals surface area contributed by atoms with Crippen molar-refractivity contribution in [2.75, 3.05) is 14.1 Å². The number of para-hydroxylation sites is 1. The first-order valence-corrected chi connectivity index (χ1v) is 7.99. The monoisotopic (exact) mass is 317 g/mol. The number of nitrogens with zero attached hydrogens (tertiary/aromatic N) is 2. The molecule has 0 saturated carbocycles. The van der Waals surface area contributed by atoms with Gasteiger partial charge in [0.05, 0.1) is 6.04 Å². The first kappa shape index (κ1) is 14.6. The average Bonchev–Trinajstić information content (AvgIpc) is 3.03. The first-order chi connectivity index (χ1) is 11.7. The first-order valence-electron chi connectivity index (χ1n) is 7.99. The summed E-state index contributed by atoms with van der Waals surface area (Å²) in [6, 6.07) is 16.3. The SMILES string of the molecule is CN(C)C(=O)N1C=Cc2ccccc2[C@@H]1c1c[nH]c2ccccc12. The van der Waals surface area contributed by atoms with E-state index in [4.69, 9.17) is 0 Å². The molecule has 1 aromatic heterocycles. The second-order valence-corrected chi connectivity index (χ2v) is 6.22. The molecule has 0 aliphatic carbocycles. The van der Waals surface area contributed by atoms with Crippen LogP contribution in [0.4, 0.5) is 4.79 Å². The molecule has 24 heavy (non-hydrogen) atoms. The summed E-state index contributed by atoms with van der Waals surface area (Å²) < 4.78 is 0. The number of urea groups is 1. The third kappa shape index (κ3) is 2.19. The number of benzene rings is 2. The number of carbonyl (C=O) groups is 1. The van der Waals surface area contributed by atoms with Crippen molar-refractivity contribution in [3.8, 4) is 0 Å². The number of nitrogens with one attached hydrogen (secondary N) is 1. The fourth-order valence-corrected chi connectivity index (χ4v) is 3.35. The van der Waals surface area contributed by atoms with Crippen LogP contribution in [0.3, 0.4) is 0 Å². The number of aromatic amines is 1. The molecule has 2 amide bonds. The summed E-state index contributed by atoms with van der Waals surface area (Å²) in [5, 5.41) is 1.14. The Bertz CT molecular complexity index is 939. The highest BCUT2D eigenvalue weighted by atomic mass is 16.2. The number of hydrogen-bond donors (Lipinski definition) is 1. The van der Waals surface area contributed by atoms with Crippen LogP contribution in [0.25, 0.3) is 17.0 Å². The van der Waals surface area contributed by atoms with Gasteiger partial charge in [0.15, 0.2) is 0 Å². The summed E-state index contributed by atoms with van der Waals surface area (Å²) in [5.41, 5.74) is 4.48. The van der Waals surface area contributed by atoms with Crippen molar-refractivity contribution in [2.45, 2.75) is 6.04 Å². The molecule has 120 valence electrons. The number of hydrogen-bond acceptors (Lipinski definition) is 1. The molecule has 1 atom stereocenters. The smallest absolute Gasteiger partial charge is 0.324 e. The molecule has 1 aliphatic rings. The van der Waals surface area contributed by atoms with Crippen LogP contribution < -0.4 is 0 Å². The fourth-order valence-electron chi connectivity index (χ4n) is 3.35. The van der Waals surface area contributed by atoms with Crippen molar-refractivity contribution < 1.29 is 4.79 Å². The Labute approximate surface area is 141 Å². The molecule has 0 fully saturated rings. The molecule has 4 heteroatoms. The lowest BCUT2D eigenvalue weighted by molar-refractivity contribution is 0.179. The van der Waals surface area contributed by atoms with Gasteiger partial charge in [0, 0.05) is 43.0 Å². The van der Waals surface area contributed by atoms with Gasteiger partial charge in [-0.25, -0.2) is 4.79 Å². The highest BCUT2D eigenvalue weighted by molar-refractivity contribution is 5.86.